The van der Waals surface area contributed by atoms with Gasteiger partial charge in [0.2, 0.25) is 0 Å². The monoisotopic (exact) mass is 238 g/mol. The molecule has 0 aliphatic heterocycles. The summed E-state index contributed by atoms with van der Waals surface area (Å²) in [6, 6.07) is 6.84. The molecule has 0 saturated heterocycles. The van der Waals surface area contributed by atoms with E-state index in [1.807, 2.05) is 25.1 Å². The number of nitrogens with one attached hydrogen (secondary N) is 1. The van der Waals surface area contributed by atoms with Crippen molar-refractivity contribution >= 4 is 23.0 Å². The first-order valence-corrected chi connectivity index (χ1v) is 6.28. The summed E-state index contributed by atoms with van der Waals surface area (Å²) < 4.78 is 0. The highest BCUT2D eigenvalue weighted by molar-refractivity contribution is 6.33. The molecule has 1 aliphatic rings. The fourth-order valence-electron chi connectivity index (χ4n) is 2.27. The maximum atomic E-state index is 6.23. The Hall–Kier alpha value is -0.890. The summed E-state index contributed by atoms with van der Waals surface area (Å²) in [7, 11) is 4.01. The molecule has 0 bridgehead atoms. The van der Waals surface area contributed by atoms with E-state index < -0.39 is 0 Å². The molecule has 3 heteroatoms. The van der Waals surface area contributed by atoms with E-state index in [0.29, 0.717) is 6.04 Å². The van der Waals surface area contributed by atoms with Gasteiger partial charge in [0.05, 0.1) is 10.7 Å². The van der Waals surface area contributed by atoms with Gasteiger partial charge < -0.3 is 10.2 Å². The van der Waals surface area contributed by atoms with Crippen LogP contribution in [0.4, 0.5) is 11.4 Å². The lowest BCUT2D eigenvalue weighted by atomic mass is 10.2. The largest absolute Gasteiger partial charge is 0.382 e. The Kier molecular flexibility index (Phi) is 3.59. The Labute approximate surface area is 103 Å². The van der Waals surface area contributed by atoms with Crippen LogP contribution in [0.2, 0.25) is 5.02 Å². The predicted octanol–water partition coefficient (Wildman–Crippen LogP) is 3.76. The topological polar surface area (TPSA) is 15.3 Å². The third-order valence-corrected chi connectivity index (χ3v) is 3.46. The van der Waals surface area contributed by atoms with Gasteiger partial charge in [-0.3, -0.25) is 0 Å². The number of hydrogen-bond donors (Lipinski definition) is 1. The predicted molar refractivity (Wildman–Crippen MR) is 71.7 cm³/mol. The van der Waals surface area contributed by atoms with E-state index in [1.54, 1.807) is 0 Å². The smallest absolute Gasteiger partial charge is 0.0659 e. The summed E-state index contributed by atoms with van der Waals surface area (Å²) in [5.74, 6) is 0. The zero-order valence-corrected chi connectivity index (χ0v) is 10.7. The van der Waals surface area contributed by atoms with Crippen LogP contribution in [0.3, 0.4) is 0 Å². The molecule has 1 saturated carbocycles. The Morgan fingerprint density at radius 2 is 1.94 bits per heavy atom. The van der Waals surface area contributed by atoms with Crippen LogP contribution in [0, 0.1) is 0 Å². The summed E-state index contributed by atoms with van der Waals surface area (Å²) in [5, 5.41) is 4.36. The highest BCUT2D eigenvalue weighted by Gasteiger charge is 2.14. The van der Waals surface area contributed by atoms with Crippen molar-refractivity contribution < 1.29 is 0 Å². The standard InChI is InChI=1S/C13H19ClN2/c1-16(2)13-8-7-11(9-12(13)14)15-10-5-3-4-6-10/h7-10,15H,3-6H2,1-2H3. The normalized spacial score (nSPS) is 16.4. The van der Waals surface area contributed by atoms with Crippen LogP contribution in [0.1, 0.15) is 25.7 Å². The van der Waals surface area contributed by atoms with Crippen LogP contribution in [0.25, 0.3) is 0 Å². The molecular weight excluding hydrogens is 220 g/mol. The van der Waals surface area contributed by atoms with Crippen LogP contribution >= 0.6 is 11.6 Å². The summed E-state index contributed by atoms with van der Waals surface area (Å²) >= 11 is 6.23. The van der Waals surface area contributed by atoms with Crippen molar-refractivity contribution in [3.05, 3.63) is 23.2 Å². The van der Waals surface area contributed by atoms with E-state index in [9.17, 15) is 0 Å². The average Bonchev–Trinajstić information content (AvgIpc) is 2.70. The number of hydrogen-bond acceptors (Lipinski definition) is 2. The average molecular weight is 239 g/mol. The van der Waals surface area contributed by atoms with Gasteiger partial charge in [0.1, 0.15) is 0 Å². The van der Waals surface area contributed by atoms with Gasteiger partial charge in [0.25, 0.3) is 0 Å². The first-order chi connectivity index (χ1) is 7.66. The number of halogens is 1. The number of rotatable bonds is 3. The molecule has 1 aromatic carbocycles. The third-order valence-electron chi connectivity index (χ3n) is 3.16. The van der Waals surface area contributed by atoms with E-state index in [0.717, 1.165) is 16.4 Å². The van der Waals surface area contributed by atoms with Gasteiger partial charge in [0.15, 0.2) is 0 Å². The highest BCUT2D eigenvalue weighted by Crippen LogP contribution is 2.29. The van der Waals surface area contributed by atoms with Gasteiger partial charge in [-0.15, -0.1) is 0 Å². The number of benzene rings is 1. The second-order valence-corrected chi connectivity index (χ2v) is 5.09. The zero-order chi connectivity index (χ0) is 11.5. The van der Waals surface area contributed by atoms with E-state index in [1.165, 1.54) is 25.7 Å². The molecule has 0 aromatic heterocycles. The van der Waals surface area contributed by atoms with Crippen molar-refractivity contribution in [2.24, 2.45) is 0 Å². The van der Waals surface area contributed by atoms with Gasteiger partial charge in [-0.25, -0.2) is 0 Å². The fraction of sp³-hybridized carbons (Fsp3) is 0.538. The molecule has 0 amide bonds. The zero-order valence-electron chi connectivity index (χ0n) is 9.96. The van der Waals surface area contributed by atoms with Crippen LogP contribution in [-0.4, -0.2) is 20.1 Å². The Morgan fingerprint density at radius 1 is 1.25 bits per heavy atom. The first-order valence-electron chi connectivity index (χ1n) is 5.90. The summed E-state index contributed by atoms with van der Waals surface area (Å²) in [5.41, 5.74) is 2.21. The van der Waals surface area contributed by atoms with Crippen molar-refractivity contribution in [2.45, 2.75) is 31.7 Å². The third kappa shape index (κ3) is 2.62. The lowest BCUT2D eigenvalue weighted by molar-refractivity contribution is 0.755. The minimum Gasteiger partial charge on any atom is -0.382 e. The second-order valence-electron chi connectivity index (χ2n) is 4.69. The van der Waals surface area contributed by atoms with Gasteiger partial charge in [-0.05, 0) is 31.0 Å². The molecule has 16 heavy (non-hydrogen) atoms. The maximum absolute atomic E-state index is 6.23. The molecule has 0 heterocycles. The lowest BCUT2D eigenvalue weighted by Crippen LogP contribution is -2.15. The van der Waals surface area contributed by atoms with E-state index >= 15 is 0 Å². The highest BCUT2D eigenvalue weighted by atomic mass is 35.5. The van der Waals surface area contributed by atoms with Gasteiger partial charge >= 0.3 is 0 Å². The van der Waals surface area contributed by atoms with Gasteiger partial charge in [-0.2, -0.15) is 0 Å². The molecule has 1 fully saturated rings. The van der Waals surface area contributed by atoms with Crippen molar-refractivity contribution in [2.75, 3.05) is 24.3 Å². The van der Waals surface area contributed by atoms with Crippen LogP contribution in [0.15, 0.2) is 18.2 Å². The second kappa shape index (κ2) is 4.96. The summed E-state index contributed by atoms with van der Waals surface area (Å²) in [6.45, 7) is 0. The molecule has 0 spiro atoms. The minimum absolute atomic E-state index is 0.640. The molecular formula is C13H19ClN2. The molecule has 2 nitrogen and oxygen atoms in total. The molecule has 0 atom stereocenters. The van der Waals surface area contributed by atoms with Gasteiger partial charge in [-0.1, -0.05) is 24.4 Å². The Morgan fingerprint density at radius 3 is 2.50 bits per heavy atom. The molecule has 88 valence electrons. The molecule has 2 rings (SSSR count). The van der Waals surface area contributed by atoms with Crippen LogP contribution in [0.5, 0.6) is 0 Å². The van der Waals surface area contributed by atoms with E-state index in [2.05, 4.69) is 17.4 Å². The summed E-state index contributed by atoms with van der Waals surface area (Å²) in [4.78, 5) is 2.03. The van der Waals surface area contributed by atoms with E-state index in [-0.39, 0.29) is 0 Å². The fourth-order valence-corrected chi connectivity index (χ4v) is 2.61. The number of nitrogens with zero attached hydrogens (tertiary/aromatic N) is 1. The molecule has 0 unspecified atom stereocenters. The van der Waals surface area contributed by atoms with Crippen molar-refractivity contribution in [3.8, 4) is 0 Å². The Balaban J connectivity index is 2.08. The number of anilines is 2. The maximum Gasteiger partial charge on any atom is 0.0659 e. The molecule has 1 N–H and O–H groups in total. The first kappa shape index (κ1) is 11.6. The quantitative estimate of drug-likeness (QED) is 0.863. The van der Waals surface area contributed by atoms with Crippen molar-refractivity contribution in [1.82, 2.24) is 0 Å². The molecule has 1 aliphatic carbocycles. The molecule has 0 radical (unpaired) electrons. The Bertz CT molecular complexity index is 357. The molecule has 1 aromatic rings. The SMILES string of the molecule is CN(C)c1ccc(NC2CCCC2)cc1Cl. The van der Waals surface area contributed by atoms with E-state index in [4.69, 9.17) is 11.6 Å². The van der Waals surface area contributed by atoms with Crippen molar-refractivity contribution in [3.63, 3.8) is 0 Å². The lowest BCUT2D eigenvalue weighted by Gasteiger charge is -2.18. The van der Waals surface area contributed by atoms with Crippen molar-refractivity contribution in [1.29, 1.82) is 0 Å². The van der Waals surface area contributed by atoms with Crippen LogP contribution < -0.4 is 10.2 Å². The minimum atomic E-state index is 0.640. The summed E-state index contributed by atoms with van der Waals surface area (Å²) in [6.07, 6.45) is 5.27. The van der Waals surface area contributed by atoms with Crippen LogP contribution in [-0.2, 0) is 0 Å². The van der Waals surface area contributed by atoms with Gasteiger partial charge in [0, 0.05) is 25.8 Å².